The van der Waals surface area contributed by atoms with Crippen molar-refractivity contribution in [1.82, 2.24) is 25.9 Å². The molecule has 1 amide bonds. The molecule has 1 aliphatic rings. The Morgan fingerprint density at radius 3 is 2.66 bits per heavy atom. The maximum absolute atomic E-state index is 12.8. The monoisotopic (exact) mass is 514 g/mol. The number of rotatable bonds is 9. The lowest BCUT2D eigenvalue weighted by molar-refractivity contribution is -0.140. The van der Waals surface area contributed by atoms with Crippen LogP contribution in [0.25, 0.3) is 5.57 Å². The molecule has 0 fully saturated rings. The fourth-order valence-electron chi connectivity index (χ4n) is 4.06. The maximum atomic E-state index is 12.8. The third kappa shape index (κ3) is 6.38. The van der Waals surface area contributed by atoms with Crippen molar-refractivity contribution >= 4 is 29.1 Å². The molecule has 38 heavy (non-hydrogen) atoms. The molecule has 11 heteroatoms. The molecule has 0 unspecified atom stereocenters. The van der Waals surface area contributed by atoms with E-state index in [1.165, 1.54) is 0 Å². The molecule has 3 aromatic rings. The maximum Gasteiger partial charge on any atom is 0.326 e. The van der Waals surface area contributed by atoms with E-state index >= 15 is 0 Å². The summed E-state index contributed by atoms with van der Waals surface area (Å²) in [6.07, 6.45) is 5.78. The second kappa shape index (κ2) is 11.8. The number of nitrogens with one attached hydrogen (secondary N) is 2. The zero-order valence-corrected chi connectivity index (χ0v) is 20.4. The number of amides is 1. The van der Waals surface area contributed by atoms with Gasteiger partial charge < -0.3 is 20.4 Å². The van der Waals surface area contributed by atoms with Crippen molar-refractivity contribution < 1.29 is 24.6 Å². The van der Waals surface area contributed by atoms with Gasteiger partial charge in [0.1, 0.15) is 6.04 Å². The molecule has 1 aromatic heterocycles. The summed E-state index contributed by atoms with van der Waals surface area (Å²) in [4.78, 5) is 37.2. The number of tetrazole rings is 1. The minimum atomic E-state index is -1.31. The normalized spacial score (nSPS) is 16.2. The van der Waals surface area contributed by atoms with Gasteiger partial charge in [0.2, 0.25) is 5.82 Å². The van der Waals surface area contributed by atoms with E-state index in [1.54, 1.807) is 18.2 Å². The van der Waals surface area contributed by atoms with Gasteiger partial charge in [-0.05, 0) is 59.5 Å². The van der Waals surface area contributed by atoms with Crippen molar-refractivity contribution in [2.45, 2.75) is 31.8 Å². The van der Waals surface area contributed by atoms with Crippen LogP contribution in [0.3, 0.4) is 0 Å². The van der Waals surface area contributed by atoms with Crippen molar-refractivity contribution in [3.8, 4) is 0 Å². The largest absolute Gasteiger partial charge is 0.481 e. The molecule has 0 bridgehead atoms. The Morgan fingerprint density at radius 1 is 1.11 bits per heavy atom. The van der Waals surface area contributed by atoms with Crippen LogP contribution in [0.1, 0.15) is 40.2 Å². The van der Waals surface area contributed by atoms with Crippen molar-refractivity contribution in [3.63, 3.8) is 0 Å². The van der Waals surface area contributed by atoms with E-state index in [4.69, 9.17) is 5.11 Å². The molecule has 0 saturated carbocycles. The van der Waals surface area contributed by atoms with Gasteiger partial charge in [-0.1, -0.05) is 43.0 Å². The number of aromatic amines is 1. The van der Waals surface area contributed by atoms with Crippen LogP contribution in [-0.2, 0) is 22.6 Å². The first kappa shape index (κ1) is 26.0. The van der Waals surface area contributed by atoms with Gasteiger partial charge in [0.25, 0.3) is 5.91 Å². The van der Waals surface area contributed by atoms with Crippen LogP contribution in [0.5, 0.6) is 0 Å². The standard InChI is InChI=1S/C27H26N6O5/c1-17-9-10-20(25-29-31-32-30-25)12-11-19-6-2-3-8-23(19)33(17)16-18-5-4-7-21(15-18)26(36)28-22(27(37)38)13-14-24(34)35/h2-10,12,15,22H,1,11,13-14,16H2,(H,28,36)(H,34,35)(H,37,38)(H,29,30,31,32)/b10-9-,20-12+/t22-/m0/s1. The Hall–Kier alpha value is -5.06. The highest BCUT2D eigenvalue weighted by Gasteiger charge is 2.22. The fourth-order valence-corrected chi connectivity index (χ4v) is 4.06. The Morgan fingerprint density at radius 2 is 1.92 bits per heavy atom. The average Bonchev–Trinajstić information content (AvgIpc) is 3.45. The van der Waals surface area contributed by atoms with E-state index < -0.39 is 23.9 Å². The number of carboxylic acids is 2. The van der Waals surface area contributed by atoms with Crippen LogP contribution in [-0.4, -0.2) is 54.7 Å². The Balaban J connectivity index is 1.58. The number of carboxylic acid groups (broad SMARTS) is 2. The number of benzene rings is 2. The zero-order chi connectivity index (χ0) is 27.1. The van der Waals surface area contributed by atoms with Crippen molar-refractivity contribution in [1.29, 1.82) is 0 Å². The zero-order valence-electron chi connectivity index (χ0n) is 20.4. The second-order valence-electron chi connectivity index (χ2n) is 8.64. The quantitative estimate of drug-likeness (QED) is 0.336. The number of hydrogen-bond donors (Lipinski definition) is 4. The molecule has 2 heterocycles. The first-order valence-electron chi connectivity index (χ1n) is 11.8. The van der Waals surface area contributed by atoms with Crippen molar-refractivity contribution in [2.75, 3.05) is 4.90 Å². The highest BCUT2D eigenvalue weighted by atomic mass is 16.4. The smallest absolute Gasteiger partial charge is 0.326 e. The van der Waals surface area contributed by atoms with Gasteiger partial charge in [0, 0.05) is 35.5 Å². The number of hydrogen-bond acceptors (Lipinski definition) is 7. The minimum Gasteiger partial charge on any atom is -0.481 e. The van der Waals surface area contributed by atoms with Crippen LogP contribution >= 0.6 is 0 Å². The number of nitrogens with zero attached hydrogens (tertiary/aromatic N) is 4. The van der Waals surface area contributed by atoms with E-state index in [-0.39, 0.29) is 18.4 Å². The molecule has 2 aromatic carbocycles. The summed E-state index contributed by atoms with van der Waals surface area (Å²) in [6, 6.07) is 13.5. The Bertz CT molecular complexity index is 1410. The number of aliphatic carboxylic acids is 2. The first-order chi connectivity index (χ1) is 18.3. The van der Waals surface area contributed by atoms with Crippen LogP contribution in [0, 0.1) is 0 Å². The average molecular weight is 515 g/mol. The van der Waals surface area contributed by atoms with E-state index in [0.29, 0.717) is 24.5 Å². The molecule has 1 atom stereocenters. The molecular formula is C27H26N6O5. The number of anilines is 1. The molecule has 1 aliphatic heterocycles. The lowest BCUT2D eigenvalue weighted by atomic mass is 10.0. The van der Waals surface area contributed by atoms with Gasteiger partial charge in [-0.15, -0.1) is 10.2 Å². The number of carbonyl (C=O) groups excluding carboxylic acids is 1. The molecule has 0 saturated heterocycles. The predicted octanol–water partition coefficient (Wildman–Crippen LogP) is 2.96. The number of H-pyrrole nitrogens is 1. The molecular weight excluding hydrogens is 488 g/mol. The molecule has 4 N–H and O–H groups in total. The van der Waals surface area contributed by atoms with Crippen LogP contribution in [0.4, 0.5) is 5.69 Å². The summed E-state index contributed by atoms with van der Waals surface area (Å²) in [5.41, 5.74) is 4.56. The topological polar surface area (TPSA) is 161 Å². The summed E-state index contributed by atoms with van der Waals surface area (Å²) >= 11 is 0. The third-order valence-corrected chi connectivity index (χ3v) is 6.01. The van der Waals surface area contributed by atoms with E-state index in [2.05, 4.69) is 32.5 Å². The predicted molar refractivity (Wildman–Crippen MR) is 139 cm³/mol. The van der Waals surface area contributed by atoms with Gasteiger partial charge in [-0.2, -0.15) is 5.21 Å². The number of fused-ring (bicyclic) bond motifs is 1. The Labute approximate surface area is 218 Å². The molecule has 11 nitrogen and oxygen atoms in total. The van der Waals surface area contributed by atoms with Crippen LogP contribution < -0.4 is 10.2 Å². The molecule has 0 radical (unpaired) electrons. The fraction of sp³-hybridized carbons (Fsp3) is 0.185. The first-order valence-corrected chi connectivity index (χ1v) is 11.8. The van der Waals surface area contributed by atoms with Crippen molar-refractivity contribution in [2.24, 2.45) is 0 Å². The number of para-hydroxylation sites is 1. The molecule has 194 valence electrons. The molecule has 4 rings (SSSR count). The van der Waals surface area contributed by atoms with Gasteiger partial charge in [0.15, 0.2) is 0 Å². The summed E-state index contributed by atoms with van der Waals surface area (Å²) in [6.45, 7) is 4.64. The molecule has 0 spiro atoms. The summed E-state index contributed by atoms with van der Waals surface area (Å²) < 4.78 is 0. The van der Waals surface area contributed by atoms with E-state index in [9.17, 15) is 19.5 Å². The Kier molecular flexibility index (Phi) is 8.07. The number of aromatic nitrogens is 4. The van der Waals surface area contributed by atoms with Crippen LogP contribution in [0.2, 0.25) is 0 Å². The van der Waals surface area contributed by atoms with Crippen molar-refractivity contribution in [3.05, 3.63) is 102 Å². The van der Waals surface area contributed by atoms with Gasteiger partial charge >= 0.3 is 11.9 Å². The van der Waals surface area contributed by atoms with Gasteiger partial charge in [0.05, 0.1) is 0 Å². The number of allylic oxidation sites excluding steroid dienone is 4. The summed E-state index contributed by atoms with van der Waals surface area (Å²) in [7, 11) is 0. The van der Waals surface area contributed by atoms with E-state index in [0.717, 1.165) is 22.4 Å². The second-order valence-corrected chi connectivity index (χ2v) is 8.64. The number of carbonyl (C=O) groups is 3. The lowest BCUT2D eigenvalue weighted by Crippen LogP contribution is -2.41. The third-order valence-electron chi connectivity index (χ3n) is 6.01. The SMILES string of the molecule is C=C1/C=C\C(c2nn[nH]n2)=C/Cc2ccccc2N1Cc1cccc(C(=O)N[C@@H](CCC(=O)O)C(=O)O)c1. The highest BCUT2D eigenvalue weighted by Crippen LogP contribution is 2.29. The minimum absolute atomic E-state index is 0.216. The van der Waals surface area contributed by atoms with E-state index in [1.807, 2.05) is 53.5 Å². The highest BCUT2D eigenvalue weighted by molar-refractivity contribution is 5.96. The van der Waals surface area contributed by atoms with Gasteiger partial charge in [-0.25, -0.2) is 4.79 Å². The summed E-state index contributed by atoms with van der Waals surface area (Å²) in [5.74, 6) is -2.55. The summed E-state index contributed by atoms with van der Waals surface area (Å²) in [5, 5.41) is 34.9. The molecule has 0 aliphatic carbocycles. The van der Waals surface area contributed by atoms with Crippen LogP contribution in [0.15, 0.2) is 79.0 Å². The van der Waals surface area contributed by atoms with Gasteiger partial charge in [-0.3, -0.25) is 9.59 Å². The lowest BCUT2D eigenvalue weighted by Gasteiger charge is -2.27.